The monoisotopic (exact) mass is 346 g/mol. The molecule has 1 aromatic carbocycles. The summed E-state index contributed by atoms with van der Waals surface area (Å²) in [6.45, 7) is 3.11. The van der Waals surface area contributed by atoms with Crippen molar-refractivity contribution in [2.45, 2.75) is 20.0 Å². The van der Waals surface area contributed by atoms with E-state index in [1.165, 1.54) is 0 Å². The van der Waals surface area contributed by atoms with Gasteiger partial charge in [0.2, 0.25) is 0 Å². The quantitative estimate of drug-likeness (QED) is 0.738. The molecule has 8 heteroatoms. The summed E-state index contributed by atoms with van der Waals surface area (Å²) in [6, 6.07) is 3.72. The van der Waals surface area contributed by atoms with E-state index in [0.717, 1.165) is 22.2 Å². The number of carbonyl (C=O) groups is 1. The molecule has 2 heterocycles. The van der Waals surface area contributed by atoms with Crippen molar-refractivity contribution in [3.8, 4) is 11.3 Å². The van der Waals surface area contributed by atoms with Crippen molar-refractivity contribution in [3.05, 3.63) is 34.6 Å². The Morgan fingerprint density at radius 3 is 2.79 bits per heavy atom. The zero-order valence-corrected chi connectivity index (χ0v) is 14.6. The number of nitrogens with one attached hydrogen (secondary N) is 1. The van der Waals surface area contributed by atoms with E-state index >= 15 is 0 Å². The molecule has 0 bridgehead atoms. The van der Waals surface area contributed by atoms with Gasteiger partial charge in [0.1, 0.15) is 5.69 Å². The maximum absolute atomic E-state index is 12.1. The molecule has 3 N–H and O–H groups in total. The van der Waals surface area contributed by atoms with Gasteiger partial charge in [-0.15, -0.1) is 0 Å². The molecule has 3 rings (SSSR count). The first-order chi connectivity index (χ1) is 11.5. The van der Waals surface area contributed by atoms with Gasteiger partial charge in [-0.1, -0.05) is 11.6 Å². The fourth-order valence-electron chi connectivity index (χ4n) is 2.97. The average Bonchev–Trinajstić information content (AvgIpc) is 3.09. The number of aromatic nitrogens is 4. The maximum atomic E-state index is 12.1. The topological polar surface area (TPSA) is 90.8 Å². The molecule has 0 aliphatic carbocycles. The van der Waals surface area contributed by atoms with E-state index in [-0.39, 0.29) is 0 Å². The molecule has 0 aliphatic rings. The van der Waals surface area contributed by atoms with Crippen molar-refractivity contribution in [1.29, 1.82) is 0 Å². The second-order valence-electron chi connectivity index (χ2n) is 5.54. The van der Waals surface area contributed by atoms with Gasteiger partial charge in [-0.3, -0.25) is 14.2 Å². The Morgan fingerprint density at radius 1 is 1.42 bits per heavy atom. The summed E-state index contributed by atoms with van der Waals surface area (Å²) in [7, 11) is 3.65. The standard InChI is InChI=1S/C16H19ClN6O/c1-4-23-12(8-19-2)13(16(18)24)14(21-23)9-5-10-7-20-22(3)15(10)11(17)6-9/h5-7,19H,4,8H2,1-3H3,(H2,18,24). The Kier molecular flexibility index (Phi) is 4.29. The maximum Gasteiger partial charge on any atom is 0.252 e. The molecule has 0 spiro atoms. The highest BCUT2D eigenvalue weighted by Gasteiger charge is 2.23. The van der Waals surface area contributed by atoms with Crippen LogP contribution in [0.2, 0.25) is 5.02 Å². The number of hydrogen-bond acceptors (Lipinski definition) is 4. The van der Waals surface area contributed by atoms with Crippen LogP contribution in [0, 0.1) is 0 Å². The van der Waals surface area contributed by atoms with E-state index in [0.29, 0.717) is 29.4 Å². The van der Waals surface area contributed by atoms with Gasteiger partial charge in [-0.25, -0.2) is 0 Å². The lowest BCUT2D eigenvalue weighted by Gasteiger charge is -2.05. The van der Waals surface area contributed by atoms with E-state index in [1.807, 2.05) is 27.1 Å². The van der Waals surface area contributed by atoms with Crippen molar-refractivity contribution in [2.75, 3.05) is 7.05 Å². The minimum atomic E-state index is -0.502. The van der Waals surface area contributed by atoms with Crippen LogP contribution in [0.15, 0.2) is 18.3 Å². The summed E-state index contributed by atoms with van der Waals surface area (Å²) in [4.78, 5) is 12.1. The van der Waals surface area contributed by atoms with E-state index in [9.17, 15) is 4.79 Å². The second kappa shape index (κ2) is 6.26. The van der Waals surface area contributed by atoms with Gasteiger partial charge in [0.15, 0.2) is 0 Å². The highest BCUT2D eigenvalue weighted by atomic mass is 35.5. The largest absolute Gasteiger partial charge is 0.365 e. The number of amides is 1. The smallest absolute Gasteiger partial charge is 0.252 e. The first-order valence-corrected chi connectivity index (χ1v) is 8.01. The van der Waals surface area contributed by atoms with E-state index < -0.39 is 5.91 Å². The SMILES string of the molecule is CCn1nc(-c2cc(Cl)c3c(cnn3C)c2)c(C(N)=O)c1CNC. The van der Waals surface area contributed by atoms with Gasteiger partial charge in [0.05, 0.1) is 28.0 Å². The predicted molar refractivity (Wildman–Crippen MR) is 93.9 cm³/mol. The number of halogens is 1. The van der Waals surface area contributed by atoms with Crippen LogP contribution < -0.4 is 11.1 Å². The van der Waals surface area contributed by atoms with Crippen molar-refractivity contribution in [2.24, 2.45) is 12.8 Å². The van der Waals surface area contributed by atoms with Gasteiger partial charge in [-0.05, 0) is 26.1 Å². The lowest BCUT2D eigenvalue weighted by molar-refractivity contribution is 0.0999. The van der Waals surface area contributed by atoms with Crippen molar-refractivity contribution < 1.29 is 4.79 Å². The number of aryl methyl sites for hydroxylation is 2. The number of primary amides is 1. The number of hydrogen-bond donors (Lipinski definition) is 2. The molecular formula is C16H19ClN6O. The fraction of sp³-hybridized carbons (Fsp3) is 0.312. The van der Waals surface area contributed by atoms with Gasteiger partial charge >= 0.3 is 0 Å². The van der Waals surface area contributed by atoms with Crippen LogP contribution in [0.3, 0.4) is 0 Å². The van der Waals surface area contributed by atoms with Crippen LogP contribution >= 0.6 is 11.6 Å². The Balaban J connectivity index is 2.27. The number of carbonyl (C=O) groups excluding carboxylic acids is 1. The lowest BCUT2D eigenvalue weighted by Crippen LogP contribution is -2.18. The molecule has 0 saturated heterocycles. The zero-order valence-electron chi connectivity index (χ0n) is 13.8. The average molecular weight is 347 g/mol. The molecular weight excluding hydrogens is 328 g/mol. The Hall–Kier alpha value is -2.38. The van der Waals surface area contributed by atoms with Crippen LogP contribution in [-0.4, -0.2) is 32.5 Å². The first-order valence-electron chi connectivity index (χ1n) is 7.63. The Labute approximate surface area is 144 Å². The number of nitrogens with zero attached hydrogens (tertiary/aromatic N) is 4. The highest BCUT2D eigenvalue weighted by molar-refractivity contribution is 6.35. The molecule has 2 aromatic heterocycles. The third kappa shape index (κ3) is 2.55. The molecule has 0 unspecified atom stereocenters. The molecule has 0 atom stereocenters. The molecule has 126 valence electrons. The van der Waals surface area contributed by atoms with E-state index in [4.69, 9.17) is 17.3 Å². The molecule has 0 saturated carbocycles. The fourth-order valence-corrected chi connectivity index (χ4v) is 3.32. The van der Waals surface area contributed by atoms with Gasteiger partial charge in [-0.2, -0.15) is 10.2 Å². The molecule has 0 radical (unpaired) electrons. The Morgan fingerprint density at radius 2 is 2.17 bits per heavy atom. The zero-order chi connectivity index (χ0) is 17.4. The predicted octanol–water partition coefficient (Wildman–Crippen LogP) is 1.93. The van der Waals surface area contributed by atoms with E-state index in [2.05, 4.69) is 15.5 Å². The number of fused-ring (bicyclic) bond motifs is 1. The summed E-state index contributed by atoms with van der Waals surface area (Å²) in [5.41, 5.74) is 8.96. The molecule has 7 nitrogen and oxygen atoms in total. The van der Waals surface area contributed by atoms with Crippen LogP contribution in [0.1, 0.15) is 23.0 Å². The third-order valence-corrected chi connectivity index (χ3v) is 4.30. The highest BCUT2D eigenvalue weighted by Crippen LogP contribution is 2.32. The molecule has 3 aromatic rings. The van der Waals surface area contributed by atoms with Crippen LogP contribution in [-0.2, 0) is 20.1 Å². The van der Waals surface area contributed by atoms with Crippen LogP contribution in [0.25, 0.3) is 22.2 Å². The second-order valence-corrected chi connectivity index (χ2v) is 5.95. The summed E-state index contributed by atoms with van der Waals surface area (Å²) in [5.74, 6) is -0.502. The number of rotatable bonds is 5. The minimum Gasteiger partial charge on any atom is -0.365 e. The number of nitrogens with two attached hydrogens (primary N) is 1. The van der Waals surface area contributed by atoms with Crippen molar-refractivity contribution >= 4 is 28.4 Å². The van der Waals surface area contributed by atoms with Gasteiger partial charge < -0.3 is 11.1 Å². The molecule has 0 aliphatic heterocycles. The molecule has 24 heavy (non-hydrogen) atoms. The van der Waals surface area contributed by atoms with Crippen molar-refractivity contribution in [1.82, 2.24) is 24.9 Å². The Bertz CT molecular complexity index is 926. The molecule has 1 amide bonds. The first kappa shape index (κ1) is 16.5. The lowest BCUT2D eigenvalue weighted by atomic mass is 10.0. The third-order valence-electron chi connectivity index (χ3n) is 4.01. The summed E-state index contributed by atoms with van der Waals surface area (Å²) in [5, 5.41) is 13.3. The summed E-state index contributed by atoms with van der Waals surface area (Å²) >= 11 is 6.41. The van der Waals surface area contributed by atoms with Gasteiger partial charge in [0, 0.05) is 31.1 Å². The minimum absolute atomic E-state index is 0.422. The van der Waals surface area contributed by atoms with Gasteiger partial charge in [0.25, 0.3) is 5.91 Å². The molecule has 0 fully saturated rings. The summed E-state index contributed by atoms with van der Waals surface area (Å²) in [6.07, 6.45) is 1.74. The van der Waals surface area contributed by atoms with Crippen molar-refractivity contribution in [3.63, 3.8) is 0 Å². The van der Waals surface area contributed by atoms with Crippen LogP contribution in [0.5, 0.6) is 0 Å². The summed E-state index contributed by atoms with van der Waals surface area (Å²) < 4.78 is 3.50. The van der Waals surface area contributed by atoms with E-state index in [1.54, 1.807) is 21.6 Å². The normalized spacial score (nSPS) is 11.3. The van der Waals surface area contributed by atoms with Crippen LogP contribution in [0.4, 0.5) is 0 Å². The number of benzene rings is 1.